The smallest absolute Gasteiger partial charge is 0.258 e. The molecule has 1 heterocycles. The summed E-state index contributed by atoms with van der Waals surface area (Å²) in [5.41, 5.74) is -0.0729. The highest BCUT2D eigenvalue weighted by molar-refractivity contribution is 7.89. The molecule has 0 aliphatic carbocycles. The van der Waals surface area contributed by atoms with Crippen LogP contribution in [0.3, 0.4) is 0 Å². The Morgan fingerprint density at radius 2 is 2.16 bits per heavy atom. The lowest BCUT2D eigenvalue weighted by Gasteiger charge is -2.24. The average Bonchev–Trinajstić information content (AvgIpc) is 2.73. The number of nitrogens with one attached hydrogen (secondary N) is 3. The molecule has 0 aliphatic heterocycles. The molecular formula is C11H22N4O3S. The van der Waals surface area contributed by atoms with Crippen LogP contribution in [-0.4, -0.2) is 44.4 Å². The summed E-state index contributed by atoms with van der Waals surface area (Å²) in [4.78, 5) is 0. The van der Waals surface area contributed by atoms with E-state index >= 15 is 0 Å². The predicted octanol–water partition coefficient (Wildman–Crippen LogP) is 0.223. The topological polar surface area (TPSA) is 96.1 Å². The Balaban J connectivity index is 2.91. The number of rotatable bonds is 8. The van der Waals surface area contributed by atoms with Gasteiger partial charge < -0.3 is 10.1 Å². The molecular weight excluding hydrogens is 268 g/mol. The quantitative estimate of drug-likeness (QED) is 0.636. The van der Waals surface area contributed by atoms with Gasteiger partial charge in [0.05, 0.1) is 18.3 Å². The summed E-state index contributed by atoms with van der Waals surface area (Å²) in [5, 5.41) is 9.51. The van der Waals surface area contributed by atoms with Crippen molar-refractivity contribution in [2.75, 3.05) is 20.3 Å². The summed E-state index contributed by atoms with van der Waals surface area (Å²) >= 11 is 0. The van der Waals surface area contributed by atoms with Crippen LogP contribution in [0.25, 0.3) is 0 Å². The van der Waals surface area contributed by atoms with E-state index in [9.17, 15) is 8.42 Å². The fourth-order valence-electron chi connectivity index (χ4n) is 1.72. The molecule has 0 saturated carbocycles. The number of hydrogen-bond acceptors (Lipinski definition) is 5. The number of aromatic nitrogens is 2. The summed E-state index contributed by atoms with van der Waals surface area (Å²) in [6, 6.07) is 0. The largest absolute Gasteiger partial charge is 0.383 e. The first-order valence-corrected chi connectivity index (χ1v) is 7.56. The molecule has 0 radical (unpaired) electrons. The first-order chi connectivity index (χ1) is 8.82. The molecule has 0 unspecified atom stereocenters. The third kappa shape index (κ3) is 4.57. The zero-order chi connectivity index (χ0) is 14.5. The minimum Gasteiger partial charge on any atom is -0.383 e. The van der Waals surface area contributed by atoms with Gasteiger partial charge in [-0.1, -0.05) is 6.92 Å². The van der Waals surface area contributed by atoms with Gasteiger partial charge in [-0.05, 0) is 20.4 Å². The third-order valence-corrected chi connectivity index (χ3v) is 4.14. The third-order valence-electron chi connectivity index (χ3n) is 2.43. The van der Waals surface area contributed by atoms with Crippen molar-refractivity contribution in [2.45, 2.75) is 37.9 Å². The van der Waals surface area contributed by atoms with Crippen molar-refractivity contribution in [1.82, 2.24) is 20.2 Å². The molecule has 8 heteroatoms. The molecule has 7 nitrogen and oxygen atoms in total. The number of methoxy groups -OCH3 is 1. The molecule has 1 aromatic rings. The Bertz CT molecular complexity index is 496. The van der Waals surface area contributed by atoms with Crippen LogP contribution < -0.4 is 10.0 Å². The molecule has 0 aliphatic rings. The molecule has 0 amide bonds. The van der Waals surface area contributed by atoms with Crippen molar-refractivity contribution in [1.29, 1.82) is 0 Å². The molecule has 0 aromatic carbocycles. The van der Waals surface area contributed by atoms with Crippen molar-refractivity contribution in [2.24, 2.45) is 0 Å². The maximum absolute atomic E-state index is 12.3. The zero-order valence-corrected chi connectivity index (χ0v) is 12.6. The molecule has 0 bridgehead atoms. The highest BCUT2D eigenvalue weighted by Gasteiger charge is 2.29. The Morgan fingerprint density at radius 1 is 1.47 bits per heavy atom. The van der Waals surface area contributed by atoms with Gasteiger partial charge in [-0.3, -0.25) is 5.10 Å². The fraction of sp³-hybridized carbons (Fsp3) is 0.727. The molecule has 0 spiro atoms. The molecule has 3 N–H and O–H groups in total. The van der Waals surface area contributed by atoms with E-state index in [0.29, 0.717) is 12.1 Å². The van der Waals surface area contributed by atoms with E-state index in [4.69, 9.17) is 4.74 Å². The molecule has 110 valence electrons. The van der Waals surface area contributed by atoms with Gasteiger partial charge in [-0.25, -0.2) is 13.1 Å². The van der Waals surface area contributed by atoms with Gasteiger partial charge in [0.15, 0.2) is 5.03 Å². The second kappa shape index (κ2) is 6.47. The van der Waals surface area contributed by atoms with Gasteiger partial charge in [0.25, 0.3) is 10.0 Å². The van der Waals surface area contributed by atoms with E-state index in [1.165, 1.54) is 13.3 Å². The minimum atomic E-state index is -3.65. The van der Waals surface area contributed by atoms with Gasteiger partial charge in [0.1, 0.15) is 0 Å². The van der Waals surface area contributed by atoms with E-state index in [-0.39, 0.29) is 11.6 Å². The normalized spacial score (nSPS) is 12.8. The Labute approximate surface area is 114 Å². The second-order valence-electron chi connectivity index (χ2n) is 4.93. The van der Waals surface area contributed by atoms with Crippen LogP contribution in [0.2, 0.25) is 0 Å². The molecule has 1 rings (SSSR count). The fourth-order valence-corrected chi connectivity index (χ4v) is 3.25. The van der Waals surface area contributed by atoms with Crippen molar-refractivity contribution >= 4 is 10.0 Å². The summed E-state index contributed by atoms with van der Waals surface area (Å²) in [6.07, 6.45) is 1.51. The summed E-state index contributed by atoms with van der Waals surface area (Å²) in [6.45, 7) is 6.96. The summed E-state index contributed by atoms with van der Waals surface area (Å²) in [7, 11) is -2.12. The number of ether oxygens (including phenoxy) is 1. The van der Waals surface area contributed by atoms with Gasteiger partial charge in [0, 0.05) is 19.2 Å². The van der Waals surface area contributed by atoms with Crippen LogP contribution in [-0.2, 0) is 21.3 Å². The maximum Gasteiger partial charge on any atom is 0.258 e. The SMILES string of the molecule is CCNCc1cn[nH]c1S(=O)(=O)NC(C)(C)COC. The Hall–Kier alpha value is -0.960. The van der Waals surface area contributed by atoms with Crippen LogP contribution in [0.15, 0.2) is 11.2 Å². The number of nitrogens with zero attached hydrogens (tertiary/aromatic N) is 1. The van der Waals surface area contributed by atoms with Crippen molar-refractivity contribution < 1.29 is 13.2 Å². The van der Waals surface area contributed by atoms with E-state index in [1.54, 1.807) is 13.8 Å². The molecule has 0 atom stereocenters. The summed E-state index contributed by atoms with van der Waals surface area (Å²) in [5.74, 6) is 0. The maximum atomic E-state index is 12.3. The number of hydrogen-bond donors (Lipinski definition) is 3. The molecule has 19 heavy (non-hydrogen) atoms. The van der Waals surface area contributed by atoms with E-state index in [0.717, 1.165) is 6.54 Å². The monoisotopic (exact) mass is 290 g/mol. The first kappa shape index (κ1) is 16.1. The molecule has 0 saturated heterocycles. The Morgan fingerprint density at radius 3 is 2.74 bits per heavy atom. The standard InChI is InChI=1S/C11H22N4O3S/c1-5-12-6-9-7-13-14-10(9)19(16,17)15-11(2,3)8-18-4/h7,12,15H,5-6,8H2,1-4H3,(H,13,14). The molecule has 1 aromatic heterocycles. The van der Waals surface area contributed by atoms with Crippen molar-refractivity contribution in [3.63, 3.8) is 0 Å². The van der Waals surface area contributed by atoms with Gasteiger partial charge in [-0.2, -0.15) is 5.10 Å². The average molecular weight is 290 g/mol. The highest BCUT2D eigenvalue weighted by Crippen LogP contribution is 2.15. The number of sulfonamides is 1. The molecule has 0 fully saturated rings. The first-order valence-electron chi connectivity index (χ1n) is 6.08. The minimum absolute atomic E-state index is 0.0950. The van der Waals surface area contributed by atoms with Crippen molar-refractivity contribution in [3.05, 3.63) is 11.8 Å². The van der Waals surface area contributed by atoms with Crippen LogP contribution in [0.1, 0.15) is 26.3 Å². The number of aromatic amines is 1. The van der Waals surface area contributed by atoms with E-state index in [2.05, 4.69) is 20.2 Å². The summed E-state index contributed by atoms with van der Waals surface area (Å²) < 4.78 is 32.2. The lowest BCUT2D eigenvalue weighted by molar-refractivity contribution is 0.141. The van der Waals surface area contributed by atoms with Gasteiger partial charge in [-0.15, -0.1) is 0 Å². The van der Waals surface area contributed by atoms with Gasteiger partial charge >= 0.3 is 0 Å². The zero-order valence-electron chi connectivity index (χ0n) is 11.8. The number of H-pyrrole nitrogens is 1. The lowest BCUT2D eigenvalue weighted by atomic mass is 10.1. The van der Waals surface area contributed by atoms with Gasteiger partial charge in [0.2, 0.25) is 0 Å². The van der Waals surface area contributed by atoms with E-state index < -0.39 is 15.6 Å². The highest BCUT2D eigenvalue weighted by atomic mass is 32.2. The second-order valence-corrected chi connectivity index (χ2v) is 6.55. The Kier molecular flexibility index (Phi) is 5.48. The van der Waals surface area contributed by atoms with Crippen LogP contribution in [0.4, 0.5) is 0 Å². The predicted molar refractivity (Wildman–Crippen MR) is 72.2 cm³/mol. The van der Waals surface area contributed by atoms with Crippen LogP contribution in [0.5, 0.6) is 0 Å². The van der Waals surface area contributed by atoms with Crippen molar-refractivity contribution in [3.8, 4) is 0 Å². The van der Waals surface area contributed by atoms with Crippen LogP contribution in [0, 0.1) is 0 Å². The van der Waals surface area contributed by atoms with Crippen LogP contribution >= 0.6 is 0 Å². The lowest BCUT2D eigenvalue weighted by Crippen LogP contribution is -2.47. The van der Waals surface area contributed by atoms with E-state index in [1.807, 2.05) is 6.92 Å².